The lowest BCUT2D eigenvalue weighted by Gasteiger charge is -2.26. The highest BCUT2D eigenvalue weighted by molar-refractivity contribution is 7.11. The van der Waals surface area contributed by atoms with Crippen LogP contribution in [0, 0.1) is 13.8 Å². The van der Waals surface area contributed by atoms with Crippen LogP contribution < -0.4 is 10.9 Å². The van der Waals surface area contributed by atoms with Crippen molar-refractivity contribution in [3.8, 4) is 5.75 Å². The molecule has 134 valence electrons. The van der Waals surface area contributed by atoms with Gasteiger partial charge in [-0.05, 0) is 33.3 Å². The molecule has 0 radical (unpaired) electrons. The van der Waals surface area contributed by atoms with Crippen LogP contribution in [0.5, 0.6) is 5.75 Å². The number of benzene rings is 1. The predicted molar refractivity (Wildman–Crippen MR) is 98.3 cm³/mol. The summed E-state index contributed by atoms with van der Waals surface area (Å²) in [7, 11) is 1.82. The van der Waals surface area contributed by atoms with Crippen LogP contribution in [0.25, 0.3) is 0 Å². The first kappa shape index (κ1) is 17.8. The van der Waals surface area contributed by atoms with Gasteiger partial charge in [0.05, 0.1) is 22.8 Å². The van der Waals surface area contributed by atoms with Crippen molar-refractivity contribution >= 4 is 17.2 Å². The summed E-state index contributed by atoms with van der Waals surface area (Å²) in [6.45, 7) is 6.02. The molecule has 7 heteroatoms. The highest BCUT2D eigenvalue weighted by atomic mass is 32.1. The summed E-state index contributed by atoms with van der Waals surface area (Å²) in [5.74, 6) is 0.258. The number of nitrogens with zero attached hydrogens (tertiary/aromatic N) is 2. The second-order valence-corrected chi connectivity index (χ2v) is 7.90. The quantitative estimate of drug-likeness (QED) is 0.781. The van der Waals surface area contributed by atoms with Gasteiger partial charge < -0.3 is 10.0 Å². The van der Waals surface area contributed by atoms with Crippen molar-refractivity contribution in [3.63, 3.8) is 0 Å². The molecule has 1 aliphatic heterocycles. The average molecular weight is 360 g/mol. The van der Waals surface area contributed by atoms with Crippen LogP contribution >= 0.6 is 11.3 Å². The molecule has 0 saturated carbocycles. The number of phenolic OH excluding ortho intramolecular Hbond substituents is 1. The molecule has 1 saturated heterocycles. The Morgan fingerprint density at radius 2 is 2.08 bits per heavy atom. The first-order valence-corrected chi connectivity index (χ1v) is 9.19. The van der Waals surface area contributed by atoms with Gasteiger partial charge >= 0.3 is 0 Å². The predicted octanol–water partition coefficient (Wildman–Crippen LogP) is 2.59. The number of amides is 1. The number of aromatic hydroxyl groups is 1. The van der Waals surface area contributed by atoms with Crippen LogP contribution in [0.2, 0.25) is 0 Å². The van der Waals surface area contributed by atoms with Gasteiger partial charge in [-0.25, -0.2) is 15.8 Å². The van der Waals surface area contributed by atoms with Gasteiger partial charge in [-0.3, -0.25) is 4.79 Å². The number of likely N-dealkylation sites (N-methyl/N-ethyl adjacent to an activating group) is 1. The number of nitrogens with one attached hydrogen (secondary N) is 2. The van der Waals surface area contributed by atoms with Gasteiger partial charge in [0.2, 0.25) is 5.91 Å². The molecule has 0 bridgehead atoms. The molecule has 3 atom stereocenters. The number of hydrogen-bond acceptors (Lipinski definition) is 6. The van der Waals surface area contributed by atoms with E-state index in [0.29, 0.717) is 6.42 Å². The summed E-state index contributed by atoms with van der Waals surface area (Å²) < 4.78 is 0. The fourth-order valence-electron chi connectivity index (χ4n) is 3.26. The van der Waals surface area contributed by atoms with Crippen LogP contribution in [0.15, 0.2) is 24.3 Å². The monoisotopic (exact) mass is 360 g/mol. The number of carbonyl (C=O) groups excluding carboxylic acids is 1. The first-order chi connectivity index (χ1) is 11.9. The zero-order chi connectivity index (χ0) is 18.1. The number of thiazole rings is 1. The number of hydrazine groups is 1. The maximum Gasteiger partial charge on any atom is 0.241 e. The van der Waals surface area contributed by atoms with Crippen molar-refractivity contribution in [1.29, 1.82) is 0 Å². The van der Waals surface area contributed by atoms with Crippen molar-refractivity contribution in [3.05, 3.63) is 45.4 Å². The van der Waals surface area contributed by atoms with Crippen molar-refractivity contribution < 1.29 is 9.90 Å². The van der Waals surface area contributed by atoms with E-state index in [1.54, 1.807) is 28.4 Å². The summed E-state index contributed by atoms with van der Waals surface area (Å²) >= 11 is 1.65. The van der Waals surface area contributed by atoms with E-state index in [4.69, 9.17) is 0 Å². The lowest BCUT2D eigenvalue weighted by Crippen LogP contribution is -2.45. The molecule has 25 heavy (non-hydrogen) atoms. The third-order valence-corrected chi connectivity index (χ3v) is 5.68. The molecule has 6 nitrogen and oxygen atoms in total. The molecule has 1 aliphatic rings. The van der Waals surface area contributed by atoms with Gasteiger partial charge in [0.1, 0.15) is 11.8 Å². The highest BCUT2D eigenvalue weighted by Crippen LogP contribution is 2.31. The summed E-state index contributed by atoms with van der Waals surface area (Å²) in [4.78, 5) is 20.3. The average Bonchev–Trinajstić information content (AvgIpc) is 3.20. The van der Waals surface area contributed by atoms with Crippen LogP contribution in [0.1, 0.15) is 46.6 Å². The minimum atomic E-state index is -0.336. The molecule has 3 unspecified atom stereocenters. The van der Waals surface area contributed by atoms with Gasteiger partial charge in [-0.15, -0.1) is 11.3 Å². The van der Waals surface area contributed by atoms with Crippen molar-refractivity contribution in [1.82, 2.24) is 20.7 Å². The van der Waals surface area contributed by atoms with Crippen molar-refractivity contribution in [2.24, 2.45) is 0 Å². The zero-order valence-electron chi connectivity index (χ0n) is 14.9. The van der Waals surface area contributed by atoms with Gasteiger partial charge in [0.25, 0.3) is 0 Å². The van der Waals surface area contributed by atoms with E-state index in [1.165, 1.54) is 0 Å². The Bertz CT molecular complexity index is 776. The second-order valence-electron chi connectivity index (χ2n) is 6.49. The number of phenols is 1. The molecule has 2 aromatic rings. The van der Waals surface area contributed by atoms with Crippen molar-refractivity contribution in [2.75, 3.05) is 7.05 Å². The van der Waals surface area contributed by atoms with Crippen LogP contribution in [-0.2, 0) is 4.79 Å². The molecule has 3 rings (SSSR count). The number of hydrogen-bond donors (Lipinski definition) is 3. The SMILES string of the molecule is Cc1nc(C(C)N(C)C(=O)C2CC(c3ccccc3O)NN2)c(C)s1. The van der Waals surface area contributed by atoms with E-state index >= 15 is 0 Å². The Morgan fingerprint density at radius 3 is 2.72 bits per heavy atom. The Balaban J connectivity index is 1.69. The standard InChI is InChI=1S/C18H24N4O2S/c1-10(17-11(2)25-12(3)19-17)22(4)18(24)15-9-14(20-21-15)13-7-5-6-8-16(13)23/h5-8,10,14-15,20-21,23H,9H2,1-4H3. The fraction of sp³-hybridized carbons (Fsp3) is 0.444. The maximum absolute atomic E-state index is 12.9. The van der Waals surface area contributed by atoms with Crippen molar-refractivity contribution in [2.45, 2.75) is 45.3 Å². The Hall–Kier alpha value is -1.96. The summed E-state index contributed by atoms with van der Waals surface area (Å²) in [6.07, 6.45) is 0.586. The third-order valence-electron chi connectivity index (χ3n) is 4.78. The summed E-state index contributed by atoms with van der Waals surface area (Å²) in [5.41, 5.74) is 7.95. The molecule has 1 aromatic carbocycles. The van der Waals surface area contributed by atoms with Gasteiger partial charge in [0, 0.05) is 17.5 Å². The molecular weight excluding hydrogens is 336 g/mol. The molecule has 2 heterocycles. The second kappa shape index (κ2) is 7.11. The molecular formula is C18H24N4O2S. The van der Waals surface area contributed by atoms with Crippen LogP contribution in [0.3, 0.4) is 0 Å². The topological polar surface area (TPSA) is 77.5 Å². The molecule has 0 spiro atoms. The van der Waals surface area contributed by atoms with E-state index in [1.807, 2.05) is 40.0 Å². The number of aryl methyl sites for hydroxylation is 2. The number of carbonyl (C=O) groups is 1. The first-order valence-electron chi connectivity index (χ1n) is 8.38. The van der Waals surface area contributed by atoms with E-state index in [9.17, 15) is 9.90 Å². The lowest BCUT2D eigenvalue weighted by molar-refractivity contribution is -0.133. The van der Waals surface area contributed by atoms with E-state index in [2.05, 4.69) is 15.8 Å². The maximum atomic E-state index is 12.9. The lowest BCUT2D eigenvalue weighted by atomic mass is 10.0. The minimum Gasteiger partial charge on any atom is -0.508 e. The van der Waals surface area contributed by atoms with Gasteiger partial charge in [-0.2, -0.15) is 0 Å². The molecule has 0 aliphatic carbocycles. The Labute approximate surface area is 151 Å². The molecule has 3 N–H and O–H groups in total. The summed E-state index contributed by atoms with van der Waals surface area (Å²) in [5, 5.41) is 11.0. The molecule has 1 aromatic heterocycles. The number of aromatic nitrogens is 1. The third kappa shape index (κ3) is 3.53. The normalized spacial score (nSPS) is 21.3. The molecule has 1 amide bonds. The van der Waals surface area contributed by atoms with E-state index in [0.717, 1.165) is 21.1 Å². The molecule has 1 fully saturated rings. The Kier molecular flexibility index (Phi) is 5.08. The largest absolute Gasteiger partial charge is 0.508 e. The number of para-hydroxylation sites is 1. The van der Waals surface area contributed by atoms with E-state index < -0.39 is 0 Å². The van der Waals surface area contributed by atoms with E-state index in [-0.39, 0.29) is 29.8 Å². The zero-order valence-corrected chi connectivity index (χ0v) is 15.7. The van der Waals surface area contributed by atoms with Crippen LogP contribution in [-0.4, -0.2) is 34.0 Å². The summed E-state index contributed by atoms with van der Waals surface area (Å²) in [6, 6.07) is 6.69. The minimum absolute atomic E-state index is 0.0166. The highest BCUT2D eigenvalue weighted by Gasteiger charge is 2.34. The number of rotatable bonds is 4. The van der Waals surface area contributed by atoms with Gasteiger partial charge in [-0.1, -0.05) is 18.2 Å². The Morgan fingerprint density at radius 1 is 1.36 bits per heavy atom. The van der Waals surface area contributed by atoms with Crippen LogP contribution in [0.4, 0.5) is 0 Å². The fourth-order valence-corrected chi connectivity index (χ4v) is 4.16. The van der Waals surface area contributed by atoms with Gasteiger partial charge in [0.15, 0.2) is 0 Å². The smallest absolute Gasteiger partial charge is 0.241 e.